The predicted molar refractivity (Wildman–Crippen MR) is 125 cm³/mol. The fraction of sp³-hybridized carbons (Fsp3) is 0.346. The standard InChI is InChI=1S/C26H23FN5O3.Ir/c1-12-4-5-14(23-30-25(35-31-23)16-7-17(16)27)6-18(12)29-24(33)19-10-28-21-8-20-15(11-32(19)21)9-26(3)13(2)22(26)34-20;/h4-6,8,10-11,16-17,22H,7,9H2,1-3H3,(H,29,33);/q-1;/t16?,17-,22?,26?;/m0./s1. The Hall–Kier alpha value is -3.10. The first-order valence-electron chi connectivity index (χ1n) is 11.7. The molecule has 7 rings (SSSR count). The van der Waals surface area contributed by atoms with Gasteiger partial charge < -0.3 is 14.6 Å². The van der Waals surface area contributed by atoms with Crippen molar-refractivity contribution in [3.63, 3.8) is 0 Å². The van der Waals surface area contributed by atoms with Crippen molar-refractivity contribution in [1.82, 2.24) is 19.5 Å². The van der Waals surface area contributed by atoms with Crippen LogP contribution >= 0.6 is 0 Å². The molecular weight excluding hydrogens is 642 g/mol. The summed E-state index contributed by atoms with van der Waals surface area (Å²) in [4.78, 5) is 22.1. The maximum absolute atomic E-state index is 13.3. The van der Waals surface area contributed by atoms with Crippen molar-refractivity contribution in [3.8, 4) is 17.1 Å². The molecule has 0 bridgehead atoms. The van der Waals surface area contributed by atoms with Crippen molar-refractivity contribution in [2.24, 2.45) is 5.41 Å². The van der Waals surface area contributed by atoms with E-state index in [2.05, 4.69) is 34.3 Å². The molecule has 4 heterocycles. The first-order chi connectivity index (χ1) is 16.8. The van der Waals surface area contributed by atoms with Crippen LogP contribution in [0.15, 0.2) is 41.2 Å². The number of pyridine rings is 1. The summed E-state index contributed by atoms with van der Waals surface area (Å²) >= 11 is 0. The fourth-order valence-electron chi connectivity index (χ4n) is 5.07. The number of carbonyl (C=O) groups is 1. The summed E-state index contributed by atoms with van der Waals surface area (Å²) in [7, 11) is 0. The third-order valence-electron chi connectivity index (χ3n) is 7.73. The number of amides is 1. The van der Waals surface area contributed by atoms with E-state index in [0.29, 0.717) is 40.7 Å². The Morgan fingerprint density at radius 2 is 2.14 bits per heavy atom. The average Bonchev–Trinajstić information content (AvgIpc) is 3.45. The Balaban J connectivity index is 0.00000240. The second kappa shape index (κ2) is 7.95. The quantitative estimate of drug-likeness (QED) is 0.319. The van der Waals surface area contributed by atoms with E-state index in [1.165, 1.54) is 5.92 Å². The number of ether oxygens (including phenoxy) is 1. The van der Waals surface area contributed by atoms with E-state index < -0.39 is 6.17 Å². The number of anilines is 1. The Bertz CT molecular complexity index is 1530. The molecule has 4 atom stereocenters. The van der Waals surface area contributed by atoms with Gasteiger partial charge in [0.2, 0.25) is 11.7 Å². The van der Waals surface area contributed by atoms with Gasteiger partial charge in [0.25, 0.3) is 5.91 Å². The number of alkyl halides is 1. The molecule has 4 aromatic rings. The van der Waals surface area contributed by atoms with Crippen molar-refractivity contribution in [1.29, 1.82) is 0 Å². The summed E-state index contributed by atoms with van der Waals surface area (Å²) in [5.41, 5.74) is 4.42. The Morgan fingerprint density at radius 1 is 1.33 bits per heavy atom. The minimum Gasteiger partial charge on any atom is -0.523 e. The molecule has 187 valence electrons. The topological polar surface area (TPSA) is 94.6 Å². The van der Waals surface area contributed by atoms with E-state index in [-0.39, 0.29) is 43.4 Å². The van der Waals surface area contributed by atoms with Gasteiger partial charge in [0.15, 0.2) is 0 Å². The molecule has 0 saturated heterocycles. The van der Waals surface area contributed by atoms with Crippen LogP contribution in [-0.2, 0) is 26.5 Å². The monoisotopic (exact) mass is 665 g/mol. The molecule has 1 amide bonds. The van der Waals surface area contributed by atoms with Gasteiger partial charge in [-0.25, -0.2) is 9.37 Å². The van der Waals surface area contributed by atoms with Crippen LogP contribution in [0.25, 0.3) is 17.0 Å². The molecule has 2 fully saturated rings. The van der Waals surface area contributed by atoms with Crippen molar-refractivity contribution < 1.29 is 38.6 Å². The van der Waals surface area contributed by atoms with Gasteiger partial charge >= 0.3 is 0 Å². The van der Waals surface area contributed by atoms with E-state index in [9.17, 15) is 9.18 Å². The maximum Gasteiger partial charge on any atom is 0.274 e. The molecular formula is C26H23FIrN5O3-. The van der Waals surface area contributed by atoms with Crippen LogP contribution in [0.3, 0.4) is 0 Å². The summed E-state index contributed by atoms with van der Waals surface area (Å²) in [6.45, 7) is 6.26. The molecule has 3 unspecified atom stereocenters. The molecule has 1 aromatic carbocycles. The summed E-state index contributed by atoms with van der Waals surface area (Å²) in [6.07, 6.45) is 4.09. The molecule has 3 aromatic heterocycles. The molecule has 2 saturated carbocycles. The van der Waals surface area contributed by atoms with Crippen molar-refractivity contribution >= 4 is 17.2 Å². The first kappa shape index (κ1) is 23.3. The van der Waals surface area contributed by atoms with Crippen molar-refractivity contribution in [3.05, 3.63) is 65.3 Å². The van der Waals surface area contributed by atoms with Gasteiger partial charge in [-0.3, -0.25) is 15.1 Å². The number of fused-ring (bicyclic) bond motifs is 3. The number of nitrogens with zero attached hydrogens (tertiary/aromatic N) is 4. The first-order valence-corrected chi connectivity index (χ1v) is 11.7. The molecule has 10 heteroatoms. The summed E-state index contributed by atoms with van der Waals surface area (Å²) in [5.74, 6) is 2.30. The number of nitrogens with one attached hydrogen (secondary N) is 1. The fourth-order valence-corrected chi connectivity index (χ4v) is 5.07. The number of hydrogen-bond acceptors (Lipinski definition) is 6. The van der Waals surface area contributed by atoms with E-state index in [1.807, 2.05) is 35.7 Å². The van der Waals surface area contributed by atoms with Gasteiger partial charge in [-0.05, 0) is 37.5 Å². The van der Waals surface area contributed by atoms with E-state index in [0.717, 1.165) is 23.3 Å². The molecule has 36 heavy (non-hydrogen) atoms. The molecule has 2 aliphatic carbocycles. The largest absolute Gasteiger partial charge is 0.523 e. The number of imidazole rings is 1. The minimum atomic E-state index is -0.908. The molecule has 1 radical (unpaired) electrons. The van der Waals surface area contributed by atoms with Gasteiger partial charge in [0.05, 0.1) is 12.1 Å². The van der Waals surface area contributed by atoms with Gasteiger partial charge in [-0.1, -0.05) is 24.2 Å². The second-order valence-corrected chi connectivity index (χ2v) is 10.1. The third-order valence-corrected chi connectivity index (χ3v) is 7.73. The zero-order valence-corrected chi connectivity index (χ0v) is 22.2. The van der Waals surface area contributed by atoms with Crippen LogP contribution in [0.4, 0.5) is 10.1 Å². The maximum atomic E-state index is 13.3. The van der Waals surface area contributed by atoms with E-state index in [1.54, 1.807) is 12.3 Å². The van der Waals surface area contributed by atoms with Crippen molar-refractivity contribution in [2.75, 3.05) is 5.32 Å². The van der Waals surface area contributed by atoms with Gasteiger partial charge in [-0.2, -0.15) is 11.9 Å². The summed E-state index contributed by atoms with van der Waals surface area (Å²) in [6, 6.07) is 7.43. The Labute approximate surface area is 220 Å². The number of halogens is 1. The van der Waals surface area contributed by atoms with Crippen LogP contribution in [0.2, 0.25) is 0 Å². The number of carbonyl (C=O) groups excluding carboxylic acids is 1. The number of aromatic nitrogens is 4. The number of aryl methyl sites for hydroxylation is 1. The summed E-state index contributed by atoms with van der Waals surface area (Å²) in [5, 5.41) is 6.99. The molecule has 1 aliphatic heterocycles. The van der Waals surface area contributed by atoms with Gasteiger partial charge in [0.1, 0.15) is 23.3 Å². The van der Waals surface area contributed by atoms with Crippen LogP contribution < -0.4 is 10.1 Å². The molecule has 0 spiro atoms. The van der Waals surface area contributed by atoms with Crippen LogP contribution in [0, 0.1) is 18.3 Å². The van der Waals surface area contributed by atoms with Gasteiger partial charge in [-0.15, -0.1) is 5.41 Å². The Morgan fingerprint density at radius 3 is 2.92 bits per heavy atom. The van der Waals surface area contributed by atoms with E-state index >= 15 is 0 Å². The van der Waals surface area contributed by atoms with Gasteiger partial charge in [0, 0.05) is 49.2 Å². The Kier molecular flexibility index (Phi) is 5.15. The van der Waals surface area contributed by atoms with Crippen LogP contribution in [0.5, 0.6) is 5.75 Å². The van der Waals surface area contributed by atoms with Crippen molar-refractivity contribution in [2.45, 2.75) is 51.8 Å². The molecule has 1 N–H and O–H groups in total. The predicted octanol–water partition coefficient (Wildman–Crippen LogP) is 4.69. The summed E-state index contributed by atoms with van der Waals surface area (Å²) < 4.78 is 26.5. The second-order valence-electron chi connectivity index (χ2n) is 10.1. The number of hydrogen-bond donors (Lipinski definition) is 1. The number of rotatable bonds is 4. The number of benzene rings is 1. The normalized spacial score (nSPS) is 25.9. The van der Waals surface area contributed by atoms with E-state index in [4.69, 9.17) is 9.26 Å². The minimum absolute atomic E-state index is 0. The SMILES string of the molecule is Cc1ccc(-c2noc(C3C[C@@H]3F)n2)cc1NC(=O)c1cnc2cc3c(cn12)CC1(C)[C-](C)C1O3.[Ir]. The smallest absolute Gasteiger partial charge is 0.274 e. The zero-order valence-electron chi connectivity index (χ0n) is 19.8. The molecule has 8 nitrogen and oxygen atoms in total. The molecule has 3 aliphatic rings. The zero-order chi connectivity index (χ0) is 24.1. The van der Waals surface area contributed by atoms with Crippen LogP contribution in [-0.4, -0.2) is 37.7 Å². The van der Waals surface area contributed by atoms with Crippen LogP contribution in [0.1, 0.15) is 53.7 Å². The average molecular weight is 665 g/mol. The third kappa shape index (κ3) is 3.50.